The highest BCUT2D eigenvalue weighted by Gasteiger charge is 2.45. The van der Waals surface area contributed by atoms with Gasteiger partial charge in [-0.1, -0.05) is 11.6 Å². The first-order chi connectivity index (χ1) is 20.5. The first kappa shape index (κ1) is 29.9. The van der Waals surface area contributed by atoms with Crippen LogP contribution >= 0.6 is 22.9 Å². The van der Waals surface area contributed by atoms with Gasteiger partial charge in [0.25, 0.3) is 0 Å². The van der Waals surface area contributed by atoms with Gasteiger partial charge in [0.1, 0.15) is 11.9 Å². The lowest BCUT2D eigenvalue weighted by molar-refractivity contribution is -0.199. The summed E-state index contributed by atoms with van der Waals surface area (Å²) in [5, 5.41) is 36.4. The molecular weight excluding hydrogens is 601 g/mol. The summed E-state index contributed by atoms with van der Waals surface area (Å²) in [6.07, 6.45) is -2.10. The highest BCUT2D eigenvalue weighted by molar-refractivity contribution is 7.19. The largest absolute Gasteiger partial charge is 0.431 e. The van der Waals surface area contributed by atoms with Crippen molar-refractivity contribution >= 4 is 44.1 Å². The van der Waals surface area contributed by atoms with E-state index < -0.39 is 29.9 Å². The lowest BCUT2D eigenvalue weighted by Crippen LogP contribution is -2.56. The Kier molecular flexibility index (Phi) is 7.91. The van der Waals surface area contributed by atoms with Gasteiger partial charge < -0.3 is 25.0 Å². The number of pyridine rings is 1. The molecule has 2 atom stereocenters. The van der Waals surface area contributed by atoms with Gasteiger partial charge in [-0.05, 0) is 69.3 Å². The van der Waals surface area contributed by atoms with E-state index in [1.165, 1.54) is 23.2 Å². The fourth-order valence-corrected chi connectivity index (χ4v) is 7.56. The summed E-state index contributed by atoms with van der Waals surface area (Å²) in [6.45, 7) is 3.54. The number of benzene rings is 1. The summed E-state index contributed by atoms with van der Waals surface area (Å²) in [4.78, 5) is 7.26. The number of aromatic nitrogens is 2. The normalized spacial score (nSPS) is 21.3. The van der Waals surface area contributed by atoms with Crippen LogP contribution in [-0.2, 0) is 13.1 Å². The zero-order valence-corrected chi connectivity index (χ0v) is 24.8. The predicted octanol–water partition coefficient (Wildman–Crippen LogP) is 5.64. The van der Waals surface area contributed by atoms with Crippen LogP contribution in [0.15, 0.2) is 54.5 Å². The molecule has 0 bridgehead atoms. The van der Waals surface area contributed by atoms with E-state index in [0.717, 1.165) is 63.6 Å². The van der Waals surface area contributed by atoms with E-state index in [1.807, 2.05) is 36.5 Å². The van der Waals surface area contributed by atoms with Crippen LogP contribution in [0.1, 0.15) is 24.6 Å². The molecule has 3 aromatic heterocycles. The fraction of sp³-hybridized carbons (Fsp3) is 0.400. The molecule has 2 unspecified atom stereocenters. The molecule has 1 fully saturated rings. The van der Waals surface area contributed by atoms with Crippen molar-refractivity contribution in [1.82, 2.24) is 24.7 Å². The van der Waals surface area contributed by atoms with Crippen molar-refractivity contribution in [2.45, 2.75) is 51.6 Å². The summed E-state index contributed by atoms with van der Waals surface area (Å²) < 4.78 is 43.6. The Morgan fingerprint density at radius 1 is 1.19 bits per heavy atom. The highest BCUT2D eigenvalue weighted by atomic mass is 35.5. The predicted molar refractivity (Wildman–Crippen MR) is 160 cm³/mol. The molecule has 6 rings (SSSR count). The minimum absolute atomic E-state index is 0.000988. The van der Waals surface area contributed by atoms with Crippen LogP contribution in [0.25, 0.3) is 32.2 Å². The van der Waals surface area contributed by atoms with E-state index in [-0.39, 0.29) is 13.1 Å². The van der Waals surface area contributed by atoms with Crippen LogP contribution < -0.4 is 5.32 Å². The van der Waals surface area contributed by atoms with Gasteiger partial charge >= 0.3 is 6.18 Å². The zero-order chi connectivity index (χ0) is 30.5. The van der Waals surface area contributed by atoms with Crippen LogP contribution in [0, 0.1) is 16.7 Å². The Bertz CT molecular complexity index is 1740. The maximum atomic E-state index is 13.6. The molecule has 0 amide bonds. The summed E-state index contributed by atoms with van der Waals surface area (Å²) in [5.74, 6) is 0. The topological polar surface area (TPSA) is 101 Å². The average molecular weight is 631 g/mol. The molecule has 3 N–H and O–H groups in total. The Hall–Kier alpha value is -3.18. The second-order valence-electron chi connectivity index (χ2n) is 11.0. The Morgan fingerprint density at radius 2 is 1.95 bits per heavy atom. The van der Waals surface area contributed by atoms with Crippen molar-refractivity contribution in [3.05, 3.63) is 64.4 Å². The number of nitrogens with one attached hydrogen (secondary N) is 1. The summed E-state index contributed by atoms with van der Waals surface area (Å²) in [7, 11) is 0. The van der Waals surface area contributed by atoms with Gasteiger partial charge in [0.05, 0.1) is 27.2 Å². The molecule has 1 aromatic carbocycles. The third kappa shape index (κ3) is 5.50. The Morgan fingerprint density at radius 3 is 2.65 bits per heavy atom. The first-order valence-electron chi connectivity index (χ1n) is 14.0. The van der Waals surface area contributed by atoms with Gasteiger partial charge in [-0.15, -0.1) is 11.3 Å². The third-order valence-corrected chi connectivity index (χ3v) is 9.71. The molecule has 1 saturated heterocycles. The van der Waals surface area contributed by atoms with Crippen molar-refractivity contribution in [3.63, 3.8) is 0 Å². The summed E-state index contributed by atoms with van der Waals surface area (Å²) >= 11 is 7.98. The highest BCUT2D eigenvalue weighted by Crippen LogP contribution is 2.42. The fourth-order valence-electron chi connectivity index (χ4n) is 6.18. The first-order valence-corrected chi connectivity index (χ1v) is 15.2. The Balaban J connectivity index is 1.39. The number of hydrogen-bond acceptors (Lipinski definition) is 8. The number of nitriles is 1. The number of halogens is 4. The average Bonchev–Trinajstić information content (AvgIpc) is 3.58. The van der Waals surface area contributed by atoms with Gasteiger partial charge in [-0.2, -0.15) is 18.4 Å². The van der Waals surface area contributed by atoms with Gasteiger partial charge in [0, 0.05) is 58.4 Å². The molecule has 0 saturated carbocycles. The van der Waals surface area contributed by atoms with Gasteiger partial charge in [-0.3, -0.25) is 4.98 Å². The Labute approximate surface area is 255 Å². The van der Waals surface area contributed by atoms with Gasteiger partial charge in [0.15, 0.2) is 6.35 Å². The number of alkyl halides is 3. The number of aliphatic hydroxyl groups is 2. The van der Waals surface area contributed by atoms with Crippen LogP contribution in [0.5, 0.6) is 0 Å². The number of allylic oxidation sites excluding steroid dienone is 1. The molecular formula is C30H30ClF3N6O2S. The van der Waals surface area contributed by atoms with E-state index in [1.54, 1.807) is 6.20 Å². The number of hydrogen-bond donors (Lipinski definition) is 3. The maximum Gasteiger partial charge on any atom is 0.431 e. The van der Waals surface area contributed by atoms with Crippen LogP contribution in [0.3, 0.4) is 0 Å². The molecule has 0 radical (unpaired) electrons. The molecule has 2 aliphatic heterocycles. The molecule has 0 spiro atoms. The second kappa shape index (κ2) is 11.4. The minimum Gasteiger partial charge on any atom is -0.374 e. The quantitative estimate of drug-likeness (QED) is 0.253. The number of piperidine rings is 1. The van der Waals surface area contributed by atoms with Crippen LogP contribution in [0.4, 0.5) is 13.2 Å². The van der Waals surface area contributed by atoms with Crippen molar-refractivity contribution < 1.29 is 23.4 Å². The monoisotopic (exact) mass is 630 g/mol. The summed E-state index contributed by atoms with van der Waals surface area (Å²) in [6, 6.07) is 12.1. The molecule has 8 nitrogen and oxygen atoms in total. The van der Waals surface area contributed by atoms with E-state index in [0.29, 0.717) is 22.0 Å². The molecule has 43 heavy (non-hydrogen) atoms. The zero-order valence-electron chi connectivity index (χ0n) is 23.3. The molecule has 4 aromatic rings. The van der Waals surface area contributed by atoms with Gasteiger partial charge in [-0.25, -0.2) is 4.90 Å². The number of thiophene rings is 1. The SMILES string of the molecule is CCN1C(C(F)(F)F)=CC(O)N(Cc2cc3nccc(-c4cc(Cl)cc5ccn(CC6(C#N)CCNCC6)c45)c3s2)C1O. The van der Waals surface area contributed by atoms with Gasteiger partial charge in [0.2, 0.25) is 0 Å². The number of nitrogens with zero attached hydrogens (tertiary/aromatic N) is 5. The number of aliphatic hydroxyl groups excluding tert-OH is 2. The number of fused-ring (bicyclic) bond motifs is 2. The lowest BCUT2D eigenvalue weighted by Gasteiger charge is -2.43. The van der Waals surface area contributed by atoms with Crippen molar-refractivity contribution in [3.8, 4) is 17.2 Å². The van der Waals surface area contributed by atoms with E-state index in [2.05, 4.69) is 20.9 Å². The minimum atomic E-state index is -4.71. The molecule has 2 aliphatic rings. The van der Waals surface area contributed by atoms with Crippen molar-refractivity contribution in [2.75, 3.05) is 19.6 Å². The number of rotatable bonds is 6. The van der Waals surface area contributed by atoms with Crippen LogP contribution in [0.2, 0.25) is 5.02 Å². The molecule has 5 heterocycles. The molecule has 13 heteroatoms. The van der Waals surface area contributed by atoms with E-state index in [4.69, 9.17) is 11.6 Å². The van der Waals surface area contributed by atoms with Crippen molar-refractivity contribution in [1.29, 1.82) is 5.26 Å². The molecule has 0 aliphatic carbocycles. The third-order valence-electron chi connectivity index (χ3n) is 8.35. The summed E-state index contributed by atoms with van der Waals surface area (Å²) in [5.41, 5.74) is 1.83. The van der Waals surface area contributed by atoms with Crippen LogP contribution in [-0.4, -0.2) is 68.0 Å². The molecule has 226 valence electrons. The smallest absolute Gasteiger partial charge is 0.374 e. The van der Waals surface area contributed by atoms with E-state index >= 15 is 0 Å². The van der Waals surface area contributed by atoms with Crippen molar-refractivity contribution in [2.24, 2.45) is 5.41 Å². The maximum absolute atomic E-state index is 13.6. The lowest BCUT2D eigenvalue weighted by atomic mass is 9.80. The second-order valence-corrected chi connectivity index (χ2v) is 12.6. The standard InChI is InChI=1S/C30H30ClF3N6O2S/c1-2-39-24(30(32,33)34)14-25(41)40(28(39)42)15-20-13-23-27(43-20)21(3-7-37-23)22-12-19(31)11-18-4-10-38(26(18)22)17-29(16-35)5-8-36-9-6-29/h3-4,7,10-14,25,28,36,41-42H,2,5-6,8-9,15,17H2,1H3. The van der Waals surface area contributed by atoms with E-state index in [9.17, 15) is 28.6 Å².